The van der Waals surface area contributed by atoms with Crippen LogP contribution < -0.4 is 10.2 Å². The van der Waals surface area contributed by atoms with Crippen LogP contribution in [0.25, 0.3) is 0 Å². The van der Waals surface area contributed by atoms with Gasteiger partial charge in [0.1, 0.15) is 5.60 Å². The molecule has 2 rings (SSSR count). The predicted molar refractivity (Wildman–Crippen MR) is 108 cm³/mol. The molecule has 2 aromatic carbocycles. The lowest BCUT2D eigenvalue weighted by Crippen LogP contribution is -2.27. The molecular weight excluding hydrogens is 348 g/mol. The Kier molecular flexibility index (Phi) is 6.54. The SMILES string of the molecule is C#CCN(Cc1ccc(Cl)cc1)c1ccc(NC(=O)OC(C)(C)C)cc1. The summed E-state index contributed by atoms with van der Waals surface area (Å²) in [5.74, 6) is 2.68. The van der Waals surface area contributed by atoms with Gasteiger partial charge in [-0.1, -0.05) is 29.7 Å². The normalized spacial score (nSPS) is 10.7. The van der Waals surface area contributed by atoms with Crippen molar-refractivity contribution in [3.05, 3.63) is 59.1 Å². The van der Waals surface area contributed by atoms with E-state index < -0.39 is 11.7 Å². The molecule has 0 unspecified atom stereocenters. The van der Waals surface area contributed by atoms with Crippen LogP contribution in [-0.4, -0.2) is 18.2 Å². The molecule has 0 spiro atoms. The van der Waals surface area contributed by atoms with E-state index in [9.17, 15) is 4.79 Å². The van der Waals surface area contributed by atoms with Gasteiger partial charge in [0.15, 0.2) is 0 Å². The number of benzene rings is 2. The van der Waals surface area contributed by atoms with E-state index in [1.54, 1.807) is 0 Å². The highest BCUT2D eigenvalue weighted by atomic mass is 35.5. The van der Waals surface area contributed by atoms with Gasteiger partial charge >= 0.3 is 6.09 Å². The quantitative estimate of drug-likeness (QED) is 0.723. The standard InChI is InChI=1S/C21H23ClN2O2/c1-5-14-24(15-16-6-8-17(22)9-7-16)19-12-10-18(11-13-19)23-20(25)26-21(2,3)4/h1,6-13H,14-15H2,2-4H3,(H,23,25). The summed E-state index contributed by atoms with van der Waals surface area (Å²) in [4.78, 5) is 13.9. The number of rotatable bonds is 5. The number of anilines is 2. The predicted octanol–water partition coefficient (Wildman–Crippen LogP) is 5.33. The number of carbonyl (C=O) groups excluding carboxylic acids is 1. The first-order valence-electron chi connectivity index (χ1n) is 8.30. The van der Waals surface area contributed by atoms with Crippen LogP contribution >= 0.6 is 11.6 Å². The van der Waals surface area contributed by atoms with Crippen molar-refractivity contribution in [3.8, 4) is 12.3 Å². The summed E-state index contributed by atoms with van der Waals surface area (Å²) in [7, 11) is 0. The van der Waals surface area contributed by atoms with Crippen LogP contribution in [0.3, 0.4) is 0 Å². The Labute approximate surface area is 160 Å². The summed E-state index contributed by atoms with van der Waals surface area (Å²) in [5.41, 5.74) is 2.20. The number of halogens is 1. The second-order valence-corrected chi connectivity index (χ2v) is 7.30. The van der Waals surface area contributed by atoms with Gasteiger partial charge in [-0.2, -0.15) is 0 Å². The minimum Gasteiger partial charge on any atom is -0.444 e. The van der Waals surface area contributed by atoms with Gasteiger partial charge in [0.25, 0.3) is 0 Å². The molecule has 5 heteroatoms. The second kappa shape index (κ2) is 8.64. The molecule has 1 amide bonds. The van der Waals surface area contributed by atoms with E-state index in [-0.39, 0.29) is 0 Å². The number of ether oxygens (including phenoxy) is 1. The van der Waals surface area contributed by atoms with Crippen molar-refractivity contribution < 1.29 is 9.53 Å². The molecule has 0 aliphatic rings. The second-order valence-electron chi connectivity index (χ2n) is 6.86. The van der Waals surface area contributed by atoms with Crippen molar-refractivity contribution in [3.63, 3.8) is 0 Å². The van der Waals surface area contributed by atoms with Crippen LogP contribution in [0.15, 0.2) is 48.5 Å². The summed E-state index contributed by atoms with van der Waals surface area (Å²) in [6.07, 6.45) is 5.03. The van der Waals surface area contributed by atoms with Crippen molar-refractivity contribution >= 4 is 29.1 Å². The van der Waals surface area contributed by atoms with Crippen LogP contribution in [0.4, 0.5) is 16.2 Å². The minimum atomic E-state index is -0.536. The Morgan fingerprint density at radius 3 is 2.31 bits per heavy atom. The van der Waals surface area contributed by atoms with Gasteiger partial charge in [-0.25, -0.2) is 4.79 Å². The van der Waals surface area contributed by atoms with E-state index in [2.05, 4.69) is 16.1 Å². The first kappa shape index (κ1) is 19.7. The first-order valence-corrected chi connectivity index (χ1v) is 8.67. The van der Waals surface area contributed by atoms with Crippen molar-refractivity contribution in [2.45, 2.75) is 32.9 Å². The van der Waals surface area contributed by atoms with E-state index in [0.29, 0.717) is 23.8 Å². The summed E-state index contributed by atoms with van der Waals surface area (Å²) < 4.78 is 5.25. The van der Waals surface area contributed by atoms with E-state index in [1.165, 1.54) is 0 Å². The number of amides is 1. The highest BCUT2D eigenvalue weighted by molar-refractivity contribution is 6.30. The molecular formula is C21H23ClN2O2. The van der Waals surface area contributed by atoms with Crippen molar-refractivity contribution in [2.75, 3.05) is 16.8 Å². The van der Waals surface area contributed by atoms with Crippen LogP contribution in [0, 0.1) is 12.3 Å². The third-order valence-electron chi connectivity index (χ3n) is 3.45. The fraction of sp³-hybridized carbons (Fsp3) is 0.286. The molecule has 0 heterocycles. The smallest absolute Gasteiger partial charge is 0.412 e. The fourth-order valence-electron chi connectivity index (χ4n) is 2.34. The van der Waals surface area contributed by atoms with Gasteiger partial charge in [0, 0.05) is 22.9 Å². The molecule has 0 atom stereocenters. The van der Waals surface area contributed by atoms with Crippen molar-refractivity contribution in [2.24, 2.45) is 0 Å². The minimum absolute atomic E-state index is 0.474. The third-order valence-corrected chi connectivity index (χ3v) is 3.70. The summed E-state index contributed by atoms with van der Waals surface area (Å²) in [6.45, 7) is 6.61. The fourth-order valence-corrected chi connectivity index (χ4v) is 2.46. The molecule has 0 aromatic heterocycles. The van der Waals surface area contributed by atoms with Gasteiger partial charge in [0.05, 0.1) is 6.54 Å². The van der Waals surface area contributed by atoms with Crippen molar-refractivity contribution in [1.82, 2.24) is 0 Å². The van der Waals surface area contributed by atoms with Gasteiger partial charge in [0.2, 0.25) is 0 Å². The number of hydrogen-bond acceptors (Lipinski definition) is 3. The molecule has 0 saturated heterocycles. The van der Waals surface area contributed by atoms with E-state index in [1.807, 2.05) is 69.3 Å². The highest BCUT2D eigenvalue weighted by Gasteiger charge is 2.16. The maximum atomic E-state index is 11.8. The summed E-state index contributed by atoms with van der Waals surface area (Å²) in [6, 6.07) is 15.2. The molecule has 0 radical (unpaired) electrons. The number of carbonyl (C=O) groups is 1. The average molecular weight is 371 g/mol. The van der Waals surface area contributed by atoms with E-state index >= 15 is 0 Å². The molecule has 0 aliphatic heterocycles. The van der Waals surface area contributed by atoms with Crippen LogP contribution in [0.2, 0.25) is 5.02 Å². The van der Waals surface area contributed by atoms with Crippen LogP contribution in [-0.2, 0) is 11.3 Å². The lowest BCUT2D eigenvalue weighted by atomic mass is 10.2. The lowest BCUT2D eigenvalue weighted by Gasteiger charge is -2.23. The molecule has 26 heavy (non-hydrogen) atoms. The largest absolute Gasteiger partial charge is 0.444 e. The lowest BCUT2D eigenvalue weighted by molar-refractivity contribution is 0.0636. The third kappa shape index (κ3) is 6.34. The molecule has 0 bridgehead atoms. The monoisotopic (exact) mass is 370 g/mol. The number of terminal acetylenes is 1. The molecule has 0 aliphatic carbocycles. The molecule has 0 saturated carbocycles. The Bertz CT molecular complexity index is 772. The van der Waals surface area contributed by atoms with E-state index in [4.69, 9.17) is 22.8 Å². The topological polar surface area (TPSA) is 41.6 Å². The molecule has 4 nitrogen and oxygen atoms in total. The first-order chi connectivity index (χ1) is 12.3. The van der Waals surface area contributed by atoms with Gasteiger partial charge < -0.3 is 9.64 Å². The zero-order valence-electron chi connectivity index (χ0n) is 15.3. The van der Waals surface area contributed by atoms with Crippen molar-refractivity contribution in [1.29, 1.82) is 0 Å². The molecule has 1 N–H and O–H groups in total. The van der Waals surface area contributed by atoms with Gasteiger partial charge in [-0.3, -0.25) is 5.32 Å². The maximum Gasteiger partial charge on any atom is 0.412 e. The number of hydrogen-bond donors (Lipinski definition) is 1. The summed E-state index contributed by atoms with van der Waals surface area (Å²) >= 11 is 5.93. The zero-order chi connectivity index (χ0) is 19.2. The Morgan fingerprint density at radius 2 is 1.77 bits per heavy atom. The Hall–Kier alpha value is -2.64. The Balaban J connectivity index is 2.06. The number of nitrogens with one attached hydrogen (secondary N) is 1. The van der Waals surface area contributed by atoms with Gasteiger partial charge in [-0.15, -0.1) is 6.42 Å². The van der Waals surface area contributed by atoms with Crippen LogP contribution in [0.1, 0.15) is 26.3 Å². The summed E-state index contributed by atoms with van der Waals surface area (Å²) in [5, 5.41) is 3.42. The molecule has 2 aromatic rings. The van der Waals surface area contributed by atoms with Gasteiger partial charge in [-0.05, 0) is 62.7 Å². The average Bonchev–Trinajstić information content (AvgIpc) is 2.55. The van der Waals surface area contributed by atoms with Crippen LogP contribution in [0.5, 0.6) is 0 Å². The molecule has 0 fully saturated rings. The Morgan fingerprint density at radius 1 is 1.15 bits per heavy atom. The molecule has 136 valence electrons. The zero-order valence-corrected chi connectivity index (χ0v) is 16.0. The van der Waals surface area contributed by atoms with E-state index in [0.717, 1.165) is 11.3 Å². The highest BCUT2D eigenvalue weighted by Crippen LogP contribution is 2.21. The number of nitrogens with zero attached hydrogens (tertiary/aromatic N) is 1. The maximum absolute atomic E-state index is 11.8.